The zero-order valence-electron chi connectivity index (χ0n) is 11.5. The van der Waals surface area contributed by atoms with Crippen LogP contribution in [0.1, 0.15) is 33.1 Å². The van der Waals surface area contributed by atoms with E-state index in [0.29, 0.717) is 18.3 Å². The van der Waals surface area contributed by atoms with Gasteiger partial charge in [0, 0.05) is 5.92 Å². The Morgan fingerprint density at radius 2 is 2.33 bits per heavy atom. The van der Waals surface area contributed by atoms with Crippen LogP contribution in [0.25, 0.3) is 0 Å². The zero-order valence-corrected chi connectivity index (χ0v) is 11.5. The van der Waals surface area contributed by atoms with Crippen LogP contribution >= 0.6 is 0 Å². The van der Waals surface area contributed by atoms with Gasteiger partial charge in [-0.05, 0) is 6.42 Å². The molecule has 0 saturated carbocycles. The molecule has 0 saturated heterocycles. The highest BCUT2D eigenvalue weighted by molar-refractivity contribution is 6.07. The third-order valence-corrected chi connectivity index (χ3v) is 2.89. The summed E-state index contributed by atoms with van der Waals surface area (Å²) in [6.07, 6.45) is 8.80. The van der Waals surface area contributed by atoms with Gasteiger partial charge in [0.15, 0.2) is 0 Å². The number of hydrogen-bond donors (Lipinski definition) is 0. The minimum atomic E-state index is 0.553. The van der Waals surface area contributed by atoms with E-state index in [2.05, 4.69) is 19.6 Å². The normalized spacial score (nSPS) is 18.3. The van der Waals surface area contributed by atoms with Gasteiger partial charge < -0.3 is 4.74 Å². The average molecular weight is 246 g/mol. The second-order valence-corrected chi connectivity index (χ2v) is 4.55. The summed E-state index contributed by atoms with van der Waals surface area (Å²) in [5, 5.41) is 0. The van der Waals surface area contributed by atoms with E-state index in [1.807, 2.05) is 6.08 Å². The number of ether oxygens (including phenoxy) is 1. The zero-order chi connectivity index (χ0) is 13.4. The van der Waals surface area contributed by atoms with E-state index in [1.165, 1.54) is 25.3 Å². The second kappa shape index (κ2) is 7.73. The third-order valence-electron chi connectivity index (χ3n) is 2.89. The molecule has 0 heterocycles. The number of methoxy groups -OCH3 is 1. The van der Waals surface area contributed by atoms with Gasteiger partial charge in [-0.1, -0.05) is 44.1 Å². The van der Waals surface area contributed by atoms with E-state index >= 15 is 0 Å². The van der Waals surface area contributed by atoms with Crippen molar-refractivity contribution in [3.05, 3.63) is 41.9 Å². The van der Waals surface area contributed by atoms with Crippen molar-refractivity contribution < 1.29 is 9.16 Å². The molecule has 1 unspecified atom stereocenters. The fourth-order valence-electron chi connectivity index (χ4n) is 1.72. The van der Waals surface area contributed by atoms with Crippen molar-refractivity contribution in [2.45, 2.75) is 33.1 Å². The molecule has 0 N–H and O–H groups in total. The first-order chi connectivity index (χ1) is 8.71. The van der Waals surface area contributed by atoms with E-state index in [0.717, 1.165) is 11.4 Å². The molecule has 0 radical (unpaired) electrons. The van der Waals surface area contributed by atoms with Gasteiger partial charge in [-0.25, -0.2) is 6.08 Å². The largest absolute Gasteiger partial charge is 0.491 e. The monoisotopic (exact) mass is 246 g/mol. The average Bonchev–Trinajstić information content (AvgIpc) is 2.42. The molecule has 0 amide bonds. The predicted octanol–water partition coefficient (Wildman–Crippen LogP) is 3.53. The van der Waals surface area contributed by atoms with Crippen LogP contribution in [0.4, 0.5) is 0 Å². The van der Waals surface area contributed by atoms with Crippen molar-refractivity contribution in [1.82, 2.24) is 0 Å². The standard InChI is InChI=1S/C16H22O2/c1-5-7-8-13(3)12-18-16-10-9-15(17-4)11-14(16)6-2/h2,6,10-11,13H,5,7-8,12H2,1,3-4H3. The van der Waals surface area contributed by atoms with E-state index in [9.17, 15) is 0 Å². The summed E-state index contributed by atoms with van der Waals surface area (Å²) in [5.74, 6) is 1.98. The topological polar surface area (TPSA) is 20.5 Å². The molecule has 1 rings (SSSR count). The third kappa shape index (κ3) is 4.38. The first kappa shape index (κ1) is 14.5. The molecule has 2 heteroatoms. The Bertz CT molecular complexity index is 407. The molecular weight excluding hydrogens is 224 g/mol. The Balaban J connectivity index is 2.68. The van der Waals surface area contributed by atoms with Crippen LogP contribution in [0.3, 0.4) is 0 Å². The lowest BCUT2D eigenvalue weighted by atomic mass is 10.1. The highest BCUT2D eigenvalue weighted by atomic mass is 16.5. The second-order valence-electron chi connectivity index (χ2n) is 4.55. The lowest BCUT2D eigenvalue weighted by molar-refractivity contribution is -0.464. The van der Waals surface area contributed by atoms with Crippen molar-refractivity contribution in [3.63, 3.8) is 0 Å². The van der Waals surface area contributed by atoms with Crippen LogP contribution in [0.15, 0.2) is 35.3 Å². The summed E-state index contributed by atoms with van der Waals surface area (Å²) < 4.78 is 10.9. The van der Waals surface area contributed by atoms with Crippen molar-refractivity contribution in [2.24, 2.45) is 5.92 Å². The molecule has 1 atom stereocenters. The van der Waals surface area contributed by atoms with E-state index < -0.39 is 0 Å². The van der Waals surface area contributed by atoms with Gasteiger partial charge in [-0.3, -0.25) is 11.0 Å². The number of unbranched alkanes of at least 4 members (excludes halogenated alkanes) is 1. The molecule has 1 aliphatic rings. The lowest BCUT2D eigenvalue weighted by Crippen LogP contribution is -2.10. The highest BCUT2D eigenvalue weighted by Gasteiger charge is 2.12. The molecule has 0 bridgehead atoms. The van der Waals surface area contributed by atoms with Crippen LogP contribution in [0, 0.1) is 12.5 Å². The van der Waals surface area contributed by atoms with Crippen LogP contribution in [-0.4, -0.2) is 19.5 Å². The van der Waals surface area contributed by atoms with Gasteiger partial charge in [-0.15, -0.1) is 0 Å². The number of rotatable bonds is 7. The van der Waals surface area contributed by atoms with Crippen molar-refractivity contribution in [2.75, 3.05) is 13.7 Å². The van der Waals surface area contributed by atoms with Crippen LogP contribution in [-0.2, 0) is 9.16 Å². The maximum Gasteiger partial charge on any atom is 0.282 e. The van der Waals surface area contributed by atoms with Crippen molar-refractivity contribution >= 4 is 5.78 Å². The molecule has 0 spiro atoms. The molecule has 98 valence electrons. The smallest absolute Gasteiger partial charge is 0.282 e. The number of hydrogen-bond acceptors (Lipinski definition) is 1. The van der Waals surface area contributed by atoms with Gasteiger partial charge in [0.2, 0.25) is 0 Å². The first-order valence-electron chi connectivity index (χ1n) is 6.48. The number of carbonyl (C=O) groups excluding carboxylic acids is 1. The highest BCUT2D eigenvalue weighted by Crippen LogP contribution is 2.12. The maximum absolute atomic E-state index is 5.79. The predicted molar refractivity (Wildman–Crippen MR) is 74.1 cm³/mol. The lowest BCUT2D eigenvalue weighted by Gasteiger charge is -2.08. The van der Waals surface area contributed by atoms with Crippen LogP contribution in [0.2, 0.25) is 0 Å². The fourth-order valence-corrected chi connectivity index (χ4v) is 1.72. The number of ketones is 1. The van der Waals surface area contributed by atoms with Crippen molar-refractivity contribution in [3.8, 4) is 0 Å². The summed E-state index contributed by atoms with van der Waals surface area (Å²) in [6, 6.07) is 0. The SMILES string of the molecule is [CH-]=CC1=CC(OC)=C=CC1=[O+]CC(C)CCCC. The quantitative estimate of drug-likeness (QED) is 0.382. The summed E-state index contributed by atoms with van der Waals surface area (Å²) in [4.78, 5) is 0. The molecule has 0 aromatic rings. The minimum absolute atomic E-state index is 0.553. The minimum Gasteiger partial charge on any atom is -0.491 e. The summed E-state index contributed by atoms with van der Waals surface area (Å²) in [7, 11) is 1.61. The van der Waals surface area contributed by atoms with E-state index in [-0.39, 0.29) is 0 Å². The van der Waals surface area contributed by atoms with Gasteiger partial charge >= 0.3 is 0 Å². The molecular formula is C16H22O2. The van der Waals surface area contributed by atoms with Crippen molar-refractivity contribution in [1.29, 1.82) is 0 Å². The van der Waals surface area contributed by atoms with E-state index in [1.54, 1.807) is 13.2 Å². The molecule has 0 aliphatic heterocycles. The van der Waals surface area contributed by atoms with Crippen LogP contribution in [0.5, 0.6) is 0 Å². The van der Waals surface area contributed by atoms with E-state index in [4.69, 9.17) is 15.7 Å². The summed E-state index contributed by atoms with van der Waals surface area (Å²) in [6.45, 7) is 10.7. The fraction of sp³-hybridized carbons (Fsp3) is 0.500. The molecule has 2 nitrogen and oxygen atoms in total. The Morgan fingerprint density at radius 3 is 2.94 bits per heavy atom. The molecule has 18 heavy (non-hydrogen) atoms. The molecule has 1 aliphatic carbocycles. The van der Waals surface area contributed by atoms with Gasteiger partial charge in [-0.2, -0.15) is 0 Å². The Labute approximate surface area is 110 Å². The van der Waals surface area contributed by atoms with Crippen LogP contribution < -0.4 is 0 Å². The summed E-state index contributed by atoms with van der Waals surface area (Å²) in [5.41, 5.74) is 3.85. The number of allylic oxidation sites excluding steroid dienone is 3. The molecule has 0 aromatic carbocycles. The molecule has 0 fully saturated rings. The van der Waals surface area contributed by atoms with Gasteiger partial charge in [0.05, 0.1) is 13.2 Å². The Hall–Kier alpha value is -1.53. The first-order valence-corrected chi connectivity index (χ1v) is 6.48. The Kier molecular flexibility index (Phi) is 6.24. The summed E-state index contributed by atoms with van der Waals surface area (Å²) >= 11 is 0. The molecule has 0 aromatic heterocycles. The van der Waals surface area contributed by atoms with Gasteiger partial charge in [0.25, 0.3) is 12.4 Å². The Morgan fingerprint density at radius 1 is 1.56 bits per heavy atom. The maximum atomic E-state index is 5.79. The van der Waals surface area contributed by atoms with Gasteiger partial charge in [0.1, 0.15) is 5.76 Å².